The minimum Gasteiger partial charge on any atom is -0.481 e. The Kier molecular flexibility index (Phi) is 7.91. The van der Waals surface area contributed by atoms with E-state index in [1.807, 2.05) is 24.3 Å². The zero-order chi connectivity index (χ0) is 22.1. The molecule has 9 nitrogen and oxygen atoms in total. The van der Waals surface area contributed by atoms with Crippen molar-refractivity contribution in [1.29, 1.82) is 0 Å². The molecule has 1 aliphatic rings. The predicted octanol–water partition coefficient (Wildman–Crippen LogP) is 1.78. The number of nitrogens with one attached hydrogen (secondary N) is 2. The van der Waals surface area contributed by atoms with E-state index in [-0.39, 0.29) is 24.8 Å². The summed E-state index contributed by atoms with van der Waals surface area (Å²) in [4.78, 5) is 45.9. The van der Waals surface area contributed by atoms with Crippen molar-refractivity contribution >= 4 is 23.7 Å². The van der Waals surface area contributed by atoms with Gasteiger partial charge >= 0.3 is 5.97 Å². The van der Waals surface area contributed by atoms with Gasteiger partial charge in [0.05, 0.1) is 19.0 Å². The van der Waals surface area contributed by atoms with Gasteiger partial charge in [-0.05, 0) is 36.5 Å². The Morgan fingerprint density at radius 1 is 1.10 bits per heavy atom. The van der Waals surface area contributed by atoms with Crippen molar-refractivity contribution in [3.05, 3.63) is 53.9 Å². The van der Waals surface area contributed by atoms with Crippen LogP contribution in [0.3, 0.4) is 0 Å². The molecule has 1 aromatic heterocycles. The Morgan fingerprint density at radius 3 is 2.65 bits per heavy atom. The highest BCUT2D eigenvalue weighted by Gasteiger charge is 2.32. The van der Waals surface area contributed by atoms with Crippen LogP contribution in [0.1, 0.15) is 42.9 Å². The Balaban J connectivity index is 1.42. The van der Waals surface area contributed by atoms with Crippen molar-refractivity contribution in [3.63, 3.8) is 0 Å². The van der Waals surface area contributed by atoms with Crippen LogP contribution in [0.5, 0.6) is 0 Å². The number of benzene rings is 1. The number of carbonyl (C=O) groups is 3. The average molecular weight is 425 g/mol. The zero-order valence-electron chi connectivity index (χ0n) is 17.3. The number of carboxylic acid groups (broad SMARTS) is 1. The number of amides is 2. The summed E-state index contributed by atoms with van der Waals surface area (Å²) in [5.41, 5.74) is 1.93. The summed E-state index contributed by atoms with van der Waals surface area (Å²) in [5, 5.41) is 15.0. The summed E-state index contributed by atoms with van der Waals surface area (Å²) in [7, 11) is 0. The van der Waals surface area contributed by atoms with Gasteiger partial charge in [-0.2, -0.15) is 0 Å². The van der Waals surface area contributed by atoms with Crippen LogP contribution in [0.2, 0.25) is 0 Å². The van der Waals surface area contributed by atoms with E-state index in [4.69, 9.17) is 0 Å². The third-order valence-corrected chi connectivity index (χ3v) is 5.22. The van der Waals surface area contributed by atoms with Gasteiger partial charge in [-0.1, -0.05) is 24.3 Å². The molecule has 0 spiro atoms. The van der Waals surface area contributed by atoms with E-state index < -0.39 is 12.0 Å². The normalized spacial score (nSPS) is 15.1. The van der Waals surface area contributed by atoms with Crippen molar-refractivity contribution in [2.45, 2.75) is 38.1 Å². The van der Waals surface area contributed by atoms with Gasteiger partial charge in [0.15, 0.2) is 0 Å². The largest absolute Gasteiger partial charge is 0.481 e. The number of rotatable bonds is 10. The Hall–Kier alpha value is -3.49. The van der Waals surface area contributed by atoms with Gasteiger partial charge in [0.1, 0.15) is 0 Å². The molecule has 1 aromatic carbocycles. The molecule has 2 heterocycles. The molecule has 2 aromatic rings. The SMILES string of the molecule is O=C(O)CC1c2ccccc2CCN1C(=O)CNC(=O)CCCCNc1ncccn1. The van der Waals surface area contributed by atoms with Crippen LogP contribution < -0.4 is 10.6 Å². The predicted molar refractivity (Wildman–Crippen MR) is 114 cm³/mol. The summed E-state index contributed by atoms with van der Waals surface area (Å²) >= 11 is 0. The fraction of sp³-hybridized carbons (Fsp3) is 0.409. The zero-order valence-corrected chi connectivity index (χ0v) is 17.3. The molecule has 0 fully saturated rings. The second-order valence-corrected chi connectivity index (χ2v) is 7.38. The number of carbonyl (C=O) groups excluding carboxylic acids is 2. The summed E-state index contributed by atoms with van der Waals surface area (Å²) in [6.45, 7) is 0.963. The molecule has 0 saturated carbocycles. The van der Waals surface area contributed by atoms with Gasteiger partial charge in [-0.15, -0.1) is 0 Å². The minimum atomic E-state index is -0.960. The van der Waals surface area contributed by atoms with Crippen LogP contribution in [-0.4, -0.2) is 57.4 Å². The molecule has 31 heavy (non-hydrogen) atoms. The number of hydrogen-bond donors (Lipinski definition) is 3. The molecule has 1 aliphatic heterocycles. The van der Waals surface area contributed by atoms with Crippen molar-refractivity contribution in [2.75, 3.05) is 25.0 Å². The highest BCUT2D eigenvalue weighted by molar-refractivity contribution is 5.85. The molecule has 0 saturated heterocycles. The fourth-order valence-corrected chi connectivity index (χ4v) is 3.70. The van der Waals surface area contributed by atoms with Crippen molar-refractivity contribution in [1.82, 2.24) is 20.2 Å². The summed E-state index contributed by atoms with van der Waals surface area (Å²) in [6, 6.07) is 8.82. The second kappa shape index (κ2) is 11.1. The van der Waals surface area contributed by atoms with Crippen LogP contribution in [0.4, 0.5) is 5.95 Å². The number of anilines is 1. The lowest BCUT2D eigenvalue weighted by atomic mass is 9.90. The highest BCUT2D eigenvalue weighted by atomic mass is 16.4. The third kappa shape index (κ3) is 6.50. The second-order valence-electron chi connectivity index (χ2n) is 7.38. The molecule has 3 rings (SSSR count). The van der Waals surface area contributed by atoms with Crippen molar-refractivity contribution < 1.29 is 19.5 Å². The average Bonchev–Trinajstić information content (AvgIpc) is 2.78. The molecule has 0 bridgehead atoms. The number of unbranched alkanes of at least 4 members (excludes halogenated alkanes) is 1. The molecule has 9 heteroatoms. The van der Waals surface area contributed by atoms with Crippen LogP contribution in [0, 0.1) is 0 Å². The maximum atomic E-state index is 12.7. The number of carboxylic acids is 1. The Morgan fingerprint density at radius 2 is 1.87 bits per heavy atom. The summed E-state index contributed by atoms with van der Waals surface area (Å²) in [5.74, 6) is -0.872. The fourth-order valence-electron chi connectivity index (χ4n) is 3.70. The lowest BCUT2D eigenvalue weighted by Gasteiger charge is -2.36. The van der Waals surface area contributed by atoms with Crippen molar-refractivity contribution in [2.24, 2.45) is 0 Å². The number of fused-ring (bicyclic) bond motifs is 1. The highest BCUT2D eigenvalue weighted by Crippen LogP contribution is 2.32. The lowest BCUT2D eigenvalue weighted by molar-refractivity contribution is -0.141. The first-order valence-electron chi connectivity index (χ1n) is 10.4. The standard InChI is InChI=1S/C22H27N5O4/c28-19(8-3-4-10-23-22-24-11-5-12-25-22)26-15-20(29)27-13-9-16-6-1-2-7-17(16)18(27)14-21(30)31/h1-2,5-7,11-12,18H,3-4,8-10,13-15H2,(H,26,28)(H,30,31)(H,23,24,25). The number of hydrogen-bond acceptors (Lipinski definition) is 6. The molecule has 1 atom stereocenters. The van der Waals surface area contributed by atoms with E-state index in [1.165, 1.54) is 0 Å². The van der Waals surface area contributed by atoms with E-state index in [2.05, 4.69) is 20.6 Å². The van der Waals surface area contributed by atoms with E-state index in [9.17, 15) is 19.5 Å². The van der Waals surface area contributed by atoms with Crippen LogP contribution in [-0.2, 0) is 20.8 Å². The van der Waals surface area contributed by atoms with Crippen LogP contribution >= 0.6 is 0 Å². The van der Waals surface area contributed by atoms with Gasteiger partial charge in [0.2, 0.25) is 17.8 Å². The van der Waals surface area contributed by atoms with Crippen molar-refractivity contribution in [3.8, 4) is 0 Å². The van der Waals surface area contributed by atoms with Gasteiger partial charge in [0, 0.05) is 31.9 Å². The monoisotopic (exact) mass is 425 g/mol. The first kappa shape index (κ1) is 22.2. The smallest absolute Gasteiger partial charge is 0.305 e. The van der Waals surface area contributed by atoms with E-state index >= 15 is 0 Å². The minimum absolute atomic E-state index is 0.132. The first-order valence-corrected chi connectivity index (χ1v) is 10.4. The lowest BCUT2D eigenvalue weighted by Crippen LogP contribution is -2.45. The van der Waals surface area contributed by atoms with Gasteiger partial charge < -0.3 is 20.6 Å². The van der Waals surface area contributed by atoms with Crippen LogP contribution in [0.25, 0.3) is 0 Å². The van der Waals surface area contributed by atoms with Gasteiger partial charge in [-0.3, -0.25) is 14.4 Å². The van der Waals surface area contributed by atoms with E-state index in [0.717, 1.165) is 17.5 Å². The molecule has 1 unspecified atom stereocenters. The number of aliphatic carboxylic acids is 1. The molecule has 0 radical (unpaired) electrons. The Bertz CT molecular complexity index is 906. The maximum Gasteiger partial charge on any atom is 0.305 e. The number of nitrogens with zero attached hydrogens (tertiary/aromatic N) is 3. The van der Waals surface area contributed by atoms with Gasteiger partial charge in [0.25, 0.3) is 0 Å². The number of aromatic nitrogens is 2. The topological polar surface area (TPSA) is 125 Å². The molecule has 2 amide bonds. The molecular weight excluding hydrogens is 398 g/mol. The molecule has 3 N–H and O–H groups in total. The molecule has 0 aliphatic carbocycles. The van der Waals surface area contributed by atoms with Gasteiger partial charge in [-0.25, -0.2) is 9.97 Å². The quantitative estimate of drug-likeness (QED) is 0.496. The molecular formula is C22H27N5O4. The maximum absolute atomic E-state index is 12.7. The van der Waals surface area contributed by atoms with E-state index in [0.29, 0.717) is 38.3 Å². The van der Waals surface area contributed by atoms with E-state index in [1.54, 1.807) is 23.4 Å². The Labute approximate surface area is 180 Å². The summed E-state index contributed by atoms with van der Waals surface area (Å²) < 4.78 is 0. The third-order valence-electron chi connectivity index (χ3n) is 5.22. The van der Waals surface area contributed by atoms with Crippen LogP contribution in [0.15, 0.2) is 42.7 Å². The molecule has 164 valence electrons. The first-order chi connectivity index (χ1) is 15.0. The summed E-state index contributed by atoms with van der Waals surface area (Å²) in [6.07, 6.45) is 5.57.